The van der Waals surface area contributed by atoms with Crippen LogP contribution >= 0.6 is 0 Å². The molecule has 3 N–H and O–H groups in total. The number of carbonyl (C=O) groups excluding carboxylic acids is 1. The van der Waals surface area contributed by atoms with Crippen molar-refractivity contribution in [2.24, 2.45) is 17.1 Å². The van der Waals surface area contributed by atoms with E-state index in [1.165, 1.54) is 0 Å². The zero-order valence-electron chi connectivity index (χ0n) is 11.3. The maximum Gasteiger partial charge on any atom is 0.238 e. The van der Waals surface area contributed by atoms with E-state index in [4.69, 9.17) is 5.73 Å². The molecule has 0 aromatic carbocycles. The van der Waals surface area contributed by atoms with E-state index in [2.05, 4.69) is 39.9 Å². The van der Waals surface area contributed by atoms with Crippen LogP contribution < -0.4 is 11.1 Å². The van der Waals surface area contributed by atoms with Crippen molar-refractivity contribution in [2.45, 2.75) is 65.5 Å². The van der Waals surface area contributed by atoms with Gasteiger partial charge in [0.1, 0.15) is 5.54 Å². The molecule has 0 heterocycles. The van der Waals surface area contributed by atoms with Gasteiger partial charge in [0, 0.05) is 6.04 Å². The number of hydrogen-bond donors (Lipinski definition) is 2. The molecule has 1 aliphatic carbocycles. The Morgan fingerprint density at radius 2 is 1.94 bits per heavy atom. The Kier molecular flexibility index (Phi) is 3.68. The van der Waals surface area contributed by atoms with Gasteiger partial charge in [0.15, 0.2) is 0 Å². The SMILES string of the molecule is CC(C)NC1(C(N)=O)CCC(C)(C)CC1C. The third-order valence-electron chi connectivity index (χ3n) is 3.88. The van der Waals surface area contributed by atoms with Gasteiger partial charge in [-0.3, -0.25) is 4.79 Å². The molecule has 16 heavy (non-hydrogen) atoms. The van der Waals surface area contributed by atoms with E-state index in [0.29, 0.717) is 11.3 Å². The summed E-state index contributed by atoms with van der Waals surface area (Å²) in [5, 5.41) is 3.41. The molecule has 0 spiro atoms. The minimum absolute atomic E-state index is 0.191. The van der Waals surface area contributed by atoms with Crippen molar-refractivity contribution in [3.63, 3.8) is 0 Å². The number of amides is 1. The van der Waals surface area contributed by atoms with Gasteiger partial charge in [-0.05, 0) is 44.4 Å². The first kappa shape index (κ1) is 13.5. The quantitative estimate of drug-likeness (QED) is 0.774. The molecule has 0 radical (unpaired) electrons. The molecule has 1 saturated carbocycles. The molecule has 0 aromatic rings. The summed E-state index contributed by atoms with van der Waals surface area (Å²) >= 11 is 0. The summed E-state index contributed by atoms with van der Waals surface area (Å²) in [7, 11) is 0. The van der Waals surface area contributed by atoms with Crippen molar-refractivity contribution in [3.05, 3.63) is 0 Å². The summed E-state index contributed by atoms with van der Waals surface area (Å²) in [6.45, 7) is 10.8. The van der Waals surface area contributed by atoms with Crippen molar-refractivity contribution in [1.82, 2.24) is 5.32 Å². The van der Waals surface area contributed by atoms with Gasteiger partial charge in [-0.15, -0.1) is 0 Å². The Hall–Kier alpha value is -0.570. The third kappa shape index (κ3) is 2.57. The number of rotatable bonds is 3. The average Bonchev–Trinajstić information content (AvgIpc) is 2.08. The highest BCUT2D eigenvalue weighted by atomic mass is 16.1. The average molecular weight is 226 g/mol. The van der Waals surface area contributed by atoms with Gasteiger partial charge in [0.2, 0.25) is 5.91 Å². The first-order valence-corrected chi connectivity index (χ1v) is 6.27. The van der Waals surface area contributed by atoms with E-state index >= 15 is 0 Å². The molecule has 2 unspecified atom stereocenters. The highest BCUT2D eigenvalue weighted by molar-refractivity contribution is 5.85. The van der Waals surface area contributed by atoms with Gasteiger partial charge in [-0.25, -0.2) is 0 Å². The number of carbonyl (C=O) groups is 1. The third-order valence-corrected chi connectivity index (χ3v) is 3.88. The van der Waals surface area contributed by atoms with Crippen LogP contribution in [0.1, 0.15) is 53.9 Å². The van der Waals surface area contributed by atoms with Gasteiger partial charge in [0.25, 0.3) is 0 Å². The van der Waals surface area contributed by atoms with E-state index in [1.807, 2.05) is 0 Å². The molecule has 1 aliphatic rings. The summed E-state index contributed by atoms with van der Waals surface area (Å²) in [6, 6.07) is 0.288. The normalized spacial score (nSPS) is 34.0. The lowest BCUT2D eigenvalue weighted by molar-refractivity contribution is -0.129. The highest BCUT2D eigenvalue weighted by Gasteiger charge is 2.47. The van der Waals surface area contributed by atoms with Crippen molar-refractivity contribution in [2.75, 3.05) is 0 Å². The smallest absolute Gasteiger partial charge is 0.238 e. The van der Waals surface area contributed by atoms with Crippen LogP contribution in [0, 0.1) is 11.3 Å². The lowest BCUT2D eigenvalue weighted by Crippen LogP contribution is -2.64. The second kappa shape index (κ2) is 4.36. The summed E-state index contributed by atoms with van der Waals surface area (Å²) < 4.78 is 0. The highest BCUT2D eigenvalue weighted by Crippen LogP contribution is 2.43. The van der Waals surface area contributed by atoms with Crippen LogP contribution in [0.25, 0.3) is 0 Å². The zero-order valence-corrected chi connectivity index (χ0v) is 11.3. The standard InChI is InChI=1S/C13H26N2O/c1-9(2)15-13(11(14)16)7-6-12(4,5)8-10(13)3/h9-10,15H,6-8H2,1-5H3,(H2,14,16). The van der Waals surface area contributed by atoms with Gasteiger partial charge >= 0.3 is 0 Å². The first-order valence-electron chi connectivity index (χ1n) is 6.27. The van der Waals surface area contributed by atoms with Crippen molar-refractivity contribution in [1.29, 1.82) is 0 Å². The predicted molar refractivity (Wildman–Crippen MR) is 67.0 cm³/mol. The van der Waals surface area contributed by atoms with Crippen LogP contribution in [0.15, 0.2) is 0 Å². The number of hydrogen-bond acceptors (Lipinski definition) is 2. The van der Waals surface area contributed by atoms with Crippen LogP contribution in [-0.4, -0.2) is 17.5 Å². The monoisotopic (exact) mass is 226 g/mol. The number of nitrogens with two attached hydrogens (primary N) is 1. The molecule has 1 rings (SSSR count). The summed E-state index contributed by atoms with van der Waals surface area (Å²) in [5.41, 5.74) is 5.46. The minimum atomic E-state index is -0.496. The molecule has 3 heteroatoms. The maximum atomic E-state index is 11.8. The molecule has 0 saturated heterocycles. The van der Waals surface area contributed by atoms with Crippen molar-refractivity contribution >= 4 is 5.91 Å². The molecule has 94 valence electrons. The Balaban J connectivity index is 2.91. The van der Waals surface area contributed by atoms with Gasteiger partial charge in [-0.1, -0.05) is 20.8 Å². The van der Waals surface area contributed by atoms with E-state index in [9.17, 15) is 4.79 Å². The fourth-order valence-electron chi connectivity index (χ4n) is 3.05. The van der Waals surface area contributed by atoms with E-state index in [1.54, 1.807) is 0 Å². The molecular weight excluding hydrogens is 200 g/mol. The van der Waals surface area contributed by atoms with Crippen LogP contribution in [0.3, 0.4) is 0 Å². The van der Waals surface area contributed by atoms with E-state index in [0.717, 1.165) is 19.3 Å². The second-order valence-electron chi connectivity index (χ2n) is 6.40. The van der Waals surface area contributed by atoms with Crippen LogP contribution in [-0.2, 0) is 4.79 Å². The van der Waals surface area contributed by atoms with Crippen LogP contribution in [0.2, 0.25) is 0 Å². The maximum absolute atomic E-state index is 11.8. The molecular formula is C13H26N2O. The fourth-order valence-corrected chi connectivity index (χ4v) is 3.05. The lowest BCUT2D eigenvalue weighted by atomic mass is 9.63. The lowest BCUT2D eigenvalue weighted by Gasteiger charge is -2.47. The summed E-state index contributed by atoms with van der Waals surface area (Å²) in [6.07, 6.45) is 2.96. The van der Waals surface area contributed by atoms with Crippen molar-refractivity contribution < 1.29 is 4.79 Å². The largest absolute Gasteiger partial charge is 0.368 e. The fraction of sp³-hybridized carbons (Fsp3) is 0.923. The van der Waals surface area contributed by atoms with Gasteiger partial charge in [0.05, 0.1) is 0 Å². The van der Waals surface area contributed by atoms with E-state index in [-0.39, 0.29) is 11.9 Å². The topological polar surface area (TPSA) is 55.1 Å². The molecule has 1 amide bonds. The predicted octanol–water partition coefficient (Wildman–Crippen LogP) is 2.05. The van der Waals surface area contributed by atoms with Crippen molar-refractivity contribution in [3.8, 4) is 0 Å². The molecule has 1 fully saturated rings. The molecule has 3 nitrogen and oxygen atoms in total. The Labute approximate surface area is 99.2 Å². The summed E-state index contributed by atoms with van der Waals surface area (Å²) in [4.78, 5) is 11.8. The zero-order chi connectivity index (χ0) is 12.6. The Bertz CT molecular complexity index is 273. The Morgan fingerprint density at radius 3 is 2.31 bits per heavy atom. The molecule has 2 atom stereocenters. The molecule has 0 aromatic heterocycles. The Morgan fingerprint density at radius 1 is 1.38 bits per heavy atom. The van der Waals surface area contributed by atoms with Crippen LogP contribution in [0.5, 0.6) is 0 Å². The summed E-state index contributed by atoms with van der Waals surface area (Å²) in [5.74, 6) is 0.111. The number of primary amides is 1. The second-order valence-corrected chi connectivity index (χ2v) is 6.40. The van der Waals surface area contributed by atoms with Gasteiger partial charge in [-0.2, -0.15) is 0 Å². The van der Waals surface area contributed by atoms with Gasteiger partial charge < -0.3 is 11.1 Å². The molecule has 0 aliphatic heterocycles. The molecule has 0 bridgehead atoms. The first-order chi connectivity index (χ1) is 7.19. The van der Waals surface area contributed by atoms with E-state index < -0.39 is 5.54 Å². The van der Waals surface area contributed by atoms with Crippen LogP contribution in [0.4, 0.5) is 0 Å². The minimum Gasteiger partial charge on any atom is -0.368 e. The number of nitrogens with one attached hydrogen (secondary N) is 1.